The maximum Gasteiger partial charge on any atom is 0.332 e. The summed E-state index contributed by atoms with van der Waals surface area (Å²) in [6, 6.07) is 0.0670. The summed E-state index contributed by atoms with van der Waals surface area (Å²) >= 11 is 0. The molecule has 0 atom stereocenters. The van der Waals surface area contributed by atoms with E-state index in [4.69, 9.17) is 0 Å². The Morgan fingerprint density at radius 1 is 1.17 bits per heavy atom. The summed E-state index contributed by atoms with van der Waals surface area (Å²) in [5, 5.41) is 14.3. The van der Waals surface area contributed by atoms with Crippen LogP contribution in [0.5, 0.6) is 0 Å². The number of hydrogen-bond donors (Lipinski definition) is 2. The van der Waals surface area contributed by atoms with E-state index in [0.29, 0.717) is 12.5 Å². The Bertz CT molecular complexity index is 836. The van der Waals surface area contributed by atoms with Crippen LogP contribution in [-0.4, -0.2) is 44.5 Å². The van der Waals surface area contributed by atoms with E-state index in [9.17, 15) is 9.59 Å². The lowest BCUT2D eigenvalue weighted by Crippen LogP contribution is -2.40. The highest BCUT2D eigenvalue weighted by Gasteiger charge is 2.24. The van der Waals surface area contributed by atoms with Gasteiger partial charge in [0.2, 0.25) is 5.95 Å². The molecule has 0 aliphatic heterocycles. The van der Waals surface area contributed by atoms with Crippen molar-refractivity contribution < 1.29 is 0 Å². The van der Waals surface area contributed by atoms with Crippen molar-refractivity contribution in [2.45, 2.75) is 38.1 Å². The van der Waals surface area contributed by atoms with Gasteiger partial charge < -0.3 is 10.6 Å². The Labute approximate surface area is 139 Å². The Hall–Kier alpha value is -2.29. The fourth-order valence-corrected chi connectivity index (χ4v) is 3.16. The number of rotatable bonds is 6. The van der Waals surface area contributed by atoms with E-state index in [1.165, 1.54) is 7.05 Å². The van der Waals surface area contributed by atoms with Gasteiger partial charge in [-0.2, -0.15) is 0 Å². The zero-order valence-corrected chi connectivity index (χ0v) is 14.1. The first-order valence-electron chi connectivity index (χ1n) is 8.38. The van der Waals surface area contributed by atoms with Crippen molar-refractivity contribution in [3.8, 4) is 0 Å². The maximum absolute atomic E-state index is 12.5. The molecular formula is C15H23N7O2. The topological polar surface area (TPSA) is 107 Å². The molecule has 2 heterocycles. The van der Waals surface area contributed by atoms with E-state index in [0.717, 1.165) is 43.2 Å². The molecule has 130 valence electrons. The van der Waals surface area contributed by atoms with Crippen LogP contribution in [0.25, 0.3) is 11.2 Å². The second kappa shape index (κ2) is 7.08. The van der Waals surface area contributed by atoms with Gasteiger partial charge in [0.1, 0.15) is 0 Å². The van der Waals surface area contributed by atoms with E-state index in [1.54, 1.807) is 4.57 Å². The number of nitrogens with zero attached hydrogens (tertiary/aromatic N) is 5. The monoisotopic (exact) mass is 333 g/mol. The summed E-state index contributed by atoms with van der Waals surface area (Å²) < 4.78 is 2.70. The third kappa shape index (κ3) is 3.03. The smallest absolute Gasteiger partial charge is 0.332 e. The van der Waals surface area contributed by atoms with Crippen molar-refractivity contribution >= 4 is 17.1 Å². The van der Waals surface area contributed by atoms with Gasteiger partial charge in [-0.25, -0.2) is 9.78 Å². The van der Waals surface area contributed by atoms with Gasteiger partial charge in [0.25, 0.3) is 5.56 Å². The zero-order valence-electron chi connectivity index (χ0n) is 14.1. The van der Waals surface area contributed by atoms with Gasteiger partial charge in [-0.15, -0.1) is 10.2 Å². The van der Waals surface area contributed by atoms with Crippen molar-refractivity contribution in [1.82, 2.24) is 29.6 Å². The van der Waals surface area contributed by atoms with Crippen molar-refractivity contribution in [3.63, 3.8) is 0 Å². The predicted molar refractivity (Wildman–Crippen MR) is 91.4 cm³/mol. The molecule has 0 radical (unpaired) electrons. The lowest BCUT2D eigenvalue weighted by Gasteiger charge is -2.16. The number of nitrogens with one attached hydrogen (secondary N) is 2. The van der Waals surface area contributed by atoms with Crippen LogP contribution in [0.2, 0.25) is 0 Å². The normalized spacial score (nSPS) is 15.2. The largest absolute Gasteiger partial charge is 0.353 e. The minimum Gasteiger partial charge on any atom is -0.353 e. The molecule has 2 N–H and O–H groups in total. The molecule has 1 aliphatic rings. The molecule has 0 spiro atoms. The zero-order chi connectivity index (χ0) is 17.1. The first kappa shape index (κ1) is 16.6. The van der Waals surface area contributed by atoms with Crippen LogP contribution in [0.15, 0.2) is 9.59 Å². The average molecular weight is 333 g/mol. The van der Waals surface area contributed by atoms with Gasteiger partial charge in [0.15, 0.2) is 11.2 Å². The highest BCUT2D eigenvalue weighted by atomic mass is 16.2. The van der Waals surface area contributed by atoms with Crippen molar-refractivity contribution in [2.75, 3.05) is 25.5 Å². The SMILES string of the molecule is CNCCCNc1nnc2c(n1)c(=O)n(C)c(=O)n2C1CCCC1. The van der Waals surface area contributed by atoms with Crippen LogP contribution in [0.4, 0.5) is 5.95 Å². The first-order valence-corrected chi connectivity index (χ1v) is 8.38. The third-order valence-corrected chi connectivity index (χ3v) is 4.47. The summed E-state index contributed by atoms with van der Waals surface area (Å²) in [5.41, 5.74) is -0.298. The molecule has 1 fully saturated rings. The molecular weight excluding hydrogens is 310 g/mol. The van der Waals surface area contributed by atoms with Crippen LogP contribution in [-0.2, 0) is 7.05 Å². The summed E-state index contributed by atoms with van der Waals surface area (Å²) in [4.78, 5) is 29.3. The Morgan fingerprint density at radius 3 is 2.62 bits per heavy atom. The van der Waals surface area contributed by atoms with Crippen LogP contribution in [0, 0.1) is 0 Å². The molecule has 1 aliphatic carbocycles. The van der Waals surface area contributed by atoms with E-state index < -0.39 is 5.56 Å². The predicted octanol–water partition coefficient (Wildman–Crippen LogP) is 0.0217. The average Bonchev–Trinajstić information content (AvgIpc) is 3.11. The Morgan fingerprint density at radius 2 is 1.92 bits per heavy atom. The van der Waals surface area contributed by atoms with Gasteiger partial charge in [-0.1, -0.05) is 12.8 Å². The van der Waals surface area contributed by atoms with E-state index in [-0.39, 0.29) is 22.9 Å². The summed E-state index contributed by atoms with van der Waals surface area (Å²) in [6.07, 6.45) is 4.89. The van der Waals surface area contributed by atoms with Crippen molar-refractivity contribution in [3.05, 3.63) is 20.8 Å². The Kier molecular flexibility index (Phi) is 4.89. The molecule has 0 bridgehead atoms. The maximum atomic E-state index is 12.5. The van der Waals surface area contributed by atoms with Crippen LogP contribution >= 0.6 is 0 Å². The van der Waals surface area contributed by atoms with E-state index in [1.807, 2.05) is 7.05 Å². The first-order chi connectivity index (χ1) is 11.6. The molecule has 1 saturated carbocycles. The number of hydrogen-bond acceptors (Lipinski definition) is 7. The van der Waals surface area contributed by atoms with Crippen LogP contribution in [0.3, 0.4) is 0 Å². The second-order valence-electron chi connectivity index (χ2n) is 6.15. The summed E-state index contributed by atoms with van der Waals surface area (Å²) in [5.74, 6) is 0.312. The van der Waals surface area contributed by atoms with Gasteiger partial charge in [0.05, 0.1) is 0 Å². The highest BCUT2D eigenvalue weighted by molar-refractivity contribution is 5.69. The number of aromatic nitrogens is 5. The number of fused-ring (bicyclic) bond motifs is 1. The molecule has 3 rings (SSSR count). The Balaban J connectivity index is 2.03. The molecule has 2 aromatic heterocycles. The van der Waals surface area contributed by atoms with E-state index >= 15 is 0 Å². The van der Waals surface area contributed by atoms with Crippen LogP contribution < -0.4 is 21.9 Å². The van der Waals surface area contributed by atoms with Gasteiger partial charge >= 0.3 is 5.69 Å². The molecule has 0 aromatic carbocycles. The fraction of sp³-hybridized carbons (Fsp3) is 0.667. The standard InChI is InChI=1S/C15H23N7O2/c1-16-8-5-9-17-14-18-11-12(19-20-14)22(10-6-3-4-7-10)15(24)21(2)13(11)23/h10,16H,3-9H2,1-2H3,(H,17,18,20). The molecule has 9 heteroatoms. The molecule has 0 unspecified atom stereocenters. The lowest BCUT2D eigenvalue weighted by molar-refractivity contribution is 0.486. The molecule has 9 nitrogen and oxygen atoms in total. The number of anilines is 1. The van der Waals surface area contributed by atoms with E-state index in [2.05, 4.69) is 25.8 Å². The summed E-state index contributed by atoms with van der Waals surface area (Å²) in [7, 11) is 3.37. The highest BCUT2D eigenvalue weighted by Crippen LogP contribution is 2.29. The van der Waals surface area contributed by atoms with Gasteiger partial charge in [-0.05, 0) is 32.9 Å². The van der Waals surface area contributed by atoms with Crippen molar-refractivity contribution in [2.24, 2.45) is 7.05 Å². The molecule has 0 saturated heterocycles. The van der Waals surface area contributed by atoms with Gasteiger partial charge in [-0.3, -0.25) is 13.9 Å². The molecule has 24 heavy (non-hydrogen) atoms. The summed E-state index contributed by atoms with van der Waals surface area (Å²) in [6.45, 7) is 1.55. The fourth-order valence-electron chi connectivity index (χ4n) is 3.16. The minimum absolute atomic E-state index is 0.0670. The van der Waals surface area contributed by atoms with Crippen LogP contribution in [0.1, 0.15) is 38.1 Å². The van der Waals surface area contributed by atoms with Gasteiger partial charge in [0, 0.05) is 19.6 Å². The molecule has 2 aromatic rings. The lowest BCUT2D eigenvalue weighted by atomic mass is 10.2. The third-order valence-electron chi connectivity index (χ3n) is 4.47. The minimum atomic E-state index is -0.433. The second-order valence-corrected chi connectivity index (χ2v) is 6.15. The van der Waals surface area contributed by atoms with Crippen molar-refractivity contribution in [1.29, 1.82) is 0 Å². The quantitative estimate of drug-likeness (QED) is 0.718. The molecule has 0 amide bonds.